The van der Waals surface area contributed by atoms with E-state index in [1.165, 1.54) is 18.2 Å². The quantitative estimate of drug-likeness (QED) is 0.413. The van der Waals surface area contributed by atoms with Gasteiger partial charge in [-0.1, -0.05) is 30.3 Å². The van der Waals surface area contributed by atoms with E-state index in [1.807, 2.05) is 0 Å². The molecule has 0 spiro atoms. The predicted octanol–water partition coefficient (Wildman–Crippen LogP) is -1.92. The van der Waals surface area contributed by atoms with Crippen LogP contribution in [-0.2, 0) is 24.4 Å². The fourth-order valence-corrected chi connectivity index (χ4v) is 3.88. The van der Waals surface area contributed by atoms with Crippen LogP contribution in [-0.4, -0.2) is 28.5 Å². The summed E-state index contributed by atoms with van der Waals surface area (Å²) in [6.07, 6.45) is 0. The van der Waals surface area contributed by atoms with Crippen molar-refractivity contribution in [3.8, 4) is 0 Å². The van der Waals surface area contributed by atoms with Gasteiger partial charge in [0, 0.05) is 5.39 Å². The van der Waals surface area contributed by atoms with Crippen LogP contribution >= 0.6 is 0 Å². The molecular weight excluding hydrogens is 425 g/mol. The van der Waals surface area contributed by atoms with Gasteiger partial charge in [-0.25, -0.2) is 8.42 Å². The molecule has 0 N–H and O–H groups in total. The molecule has 0 saturated heterocycles. The van der Waals surface area contributed by atoms with Gasteiger partial charge in [0.2, 0.25) is 0 Å². The molecule has 0 aliphatic heterocycles. The Hall–Kier alpha value is 0.572. The molecule has 0 fully saturated rings. The van der Waals surface area contributed by atoms with Gasteiger partial charge in [0.15, 0.2) is 0 Å². The summed E-state index contributed by atoms with van der Waals surface area (Å²) in [7, 11) is -8.34. The van der Waals surface area contributed by atoms with Crippen molar-refractivity contribution >= 4 is 31.0 Å². The monoisotopic (exact) mass is 434 g/mol. The molecule has 0 aromatic heterocycles. The normalized spacial score (nSPS) is 12.1. The molecule has 0 bridgehead atoms. The summed E-state index contributed by atoms with van der Waals surface area (Å²) in [5.74, 6) is 0. The maximum absolute atomic E-state index is 11.9. The molecule has 102 valence electrons. The molecule has 2 rings (SSSR count). The van der Waals surface area contributed by atoms with Crippen LogP contribution in [0.25, 0.3) is 10.8 Å². The first kappa shape index (κ1) is 18.6. The molecule has 0 aliphatic carbocycles. The van der Waals surface area contributed by atoms with Crippen molar-refractivity contribution in [2.45, 2.75) is 9.79 Å². The Balaban J connectivity index is 0.00000200. The Bertz CT molecular complexity index is 842. The van der Waals surface area contributed by atoms with Crippen molar-refractivity contribution in [2.24, 2.45) is 0 Å². The molecule has 0 unspecified atom stereocenters. The zero-order chi connectivity index (χ0) is 14.3. The first-order valence-corrected chi connectivity index (χ1v) is 7.87. The predicted molar refractivity (Wildman–Crippen MR) is 66.1 cm³/mol. The number of hydrogen-bond acceptors (Lipinski definition) is 6. The Morgan fingerprint density at radius 2 is 1.60 bits per heavy atom. The Morgan fingerprint density at radius 3 is 2.15 bits per heavy atom. The van der Waals surface area contributed by atoms with Crippen molar-refractivity contribution in [3.05, 3.63) is 36.4 Å². The second kappa shape index (κ2) is 6.77. The molecule has 0 atom stereocenters. The minimum Gasteiger partial charge on any atom is -0.744 e. The molecule has 0 aliphatic rings. The van der Waals surface area contributed by atoms with Crippen LogP contribution in [0, 0.1) is 0 Å². The third-order valence-electron chi connectivity index (χ3n) is 2.58. The van der Waals surface area contributed by atoms with Crippen molar-refractivity contribution < 1.29 is 94.5 Å². The van der Waals surface area contributed by atoms with Crippen LogP contribution in [0.1, 0.15) is 0 Å². The van der Waals surface area contributed by atoms with E-state index in [2.05, 4.69) is 4.18 Å². The maximum Gasteiger partial charge on any atom is 1.00 e. The van der Waals surface area contributed by atoms with E-state index in [0.717, 1.165) is 13.2 Å². The first-order chi connectivity index (χ1) is 8.77. The van der Waals surface area contributed by atoms with Crippen LogP contribution in [0.15, 0.2) is 46.2 Å². The summed E-state index contributed by atoms with van der Waals surface area (Å²) in [6, 6.07) is 8.56. The molecule has 6 nitrogen and oxygen atoms in total. The van der Waals surface area contributed by atoms with Crippen LogP contribution < -0.4 is 68.9 Å². The largest absolute Gasteiger partial charge is 1.00 e. The fraction of sp³-hybridized carbons (Fsp3) is 0.0909. The van der Waals surface area contributed by atoms with Gasteiger partial charge < -0.3 is 4.55 Å². The molecule has 2 aromatic carbocycles. The molecular formula is C11H9CsO6S2. The van der Waals surface area contributed by atoms with Crippen LogP contribution in [0.5, 0.6) is 0 Å². The molecule has 20 heavy (non-hydrogen) atoms. The van der Waals surface area contributed by atoms with Gasteiger partial charge in [-0.2, -0.15) is 8.42 Å². The standard InChI is InChI=1S/C11H10O6S2.Cs/c1-17-19(15,16)11-9-5-3-2-4-8(9)6-7-10(11)18(12,13)14;/h2-7H,1H3,(H,12,13,14);/q;+1/p-1. The first-order valence-electron chi connectivity index (χ1n) is 5.05. The van der Waals surface area contributed by atoms with Crippen LogP contribution in [0.4, 0.5) is 0 Å². The van der Waals surface area contributed by atoms with E-state index >= 15 is 0 Å². The smallest absolute Gasteiger partial charge is 0.744 e. The summed E-state index contributed by atoms with van der Waals surface area (Å²) in [4.78, 5) is -1.43. The second-order valence-electron chi connectivity index (χ2n) is 3.69. The summed E-state index contributed by atoms with van der Waals surface area (Å²) < 4.78 is 61.6. The fourth-order valence-electron chi connectivity index (χ4n) is 1.76. The second-order valence-corrected chi connectivity index (χ2v) is 6.69. The van der Waals surface area contributed by atoms with E-state index in [-0.39, 0.29) is 74.3 Å². The summed E-state index contributed by atoms with van der Waals surface area (Å²) in [6.45, 7) is 0. The van der Waals surface area contributed by atoms with Gasteiger partial charge >= 0.3 is 68.9 Å². The van der Waals surface area contributed by atoms with Crippen molar-refractivity contribution in [1.29, 1.82) is 0 Å². The van der Waals surface area contributed by atoms with Gasteiger partial charge in [0.1, 0.15) is 15.0 Å². The molecule has 0 heterocycles. The van der Waals surface area contributed by atoms with Crippen molar-refractivity contribution in [3.63, 3.8) is 0 Å². The summed E-state index contributed by atoms with van der Waals surface area (Å²) in [5.41, 5.74) is 0. The Kier molecular flexibility index (Phi) is 6.31. The maximum atomic E-state index is 11.9. The Morgan fingerprint density at radius 1 is 1.00 bits per heavy atom. The Labute approximate surface area is 175 Å². The number of benzene rings is 2. The van der Waals surface area contributed by atoms with Crippen molar-refractivity contribution in [1.82, 2.24) is 0 Å². The molecule has 9 heteroatoms. The van der Waals surface area contributed by atoms with Crippen LogP contribution in [0.3, 0.4) is 0 Å². The molecule has 0 radical (unpaired) electrons. The number of fused-ring (bicyclic) bond motifs is 1. The minimum absolute atomic E-state index is 0. The summed E-state index contributed by atoms with van der Waals surface area (Å²) in [5, 5.41) is 0.617. The van der Waals surface area contributed by atoms with Crippen LogP contribution in [0.2, 0.25) is 0 Å². The average molecular weight is 434 g/mol. The van der Waals surface area contributed by atoms with E-state index in [0.29, 0.717) is 5.39 Å². The van der Waals surface area contributed by atoms with E-state index in [9.17, 15) is 21.4 Å². The number of rotatable bonds is 3. The molecule has 0 amide bonds. The van der Waals surface area contributed by atoms with E-state index in [4.69, 9.17) is 0 Å². The number of hydrogen-bond donors (Lipinski definition) is 0. The van der Waals surface area contributed by atoms with Gasteiger partial charge in [0.25, 0.3) is 10.1 Å². The molecule has 0 saturated carbocycles. The van der Waals surface area contributed by atoms with Crippen molar-refractivity contribution in [2.75, 3.05) is 7.11 Å². The average Bonchev–Trinajstić information content (AvgIpc) is 2.36. The third-order valence-corrected chi connectivity index (χ3v) is 4.97. The zero-order valence-electron chi connectivity index (χ0n) is 10.7. The third kappa shape index (κ3) is 3.66. The molecule has 2 aromatic rings. The topological polar surface area (TPSA) is 101 Å². The van der Waals surface area contributed by atoms with Gasteiger partial charge in [-0.05, 0) is 11.5 Å². The zero-order valence-corrected chi connectivity index (χ0v) is 18.6. The van der Waals surface area contributed by atoms with Gasteiger partial charge in [0.05, 0.1) is 12.0 Å². The SMILES string of the molecule is COS(=O)(=O)c1c(S(=O)(=O)[O-])ccc2ccccc12.[Cs+]. The summed E-state index contributed by atoms with van der Waals surface area (Å²) >= 11 is 0. The minimum atomic E-state index is -4.93. The van der Waals surface area contributed by atoms with E-state index < -0.39 is 30.0 Å². The van der Waals surface area contributed by atoms with E-state index in [1.54, 1.807) is 12.1 Å². The van der Waals surface area contributed by atoms with Gasteiger partial charge in [-0.3, -0.25) is 4.18 Å². The van der Waals surface area contributed by atoms with Gasteiger partial charge in [-0.15, -0.1) is 0 Å².